The van der Waals surface area contributed by atoms with E-state index in [-0.39, 0.29) is 17.8 Å². The third kappa shape index (κ3) is 9.35. The van der Waals surface area contributed by atoms with E-state index in [2.05, 4.69) is 25.9 Å². The molecule has 0 atom stereocenters. The molecule has 37 heavy (non-hydrogen) atoms. The molecule has 3 rings (SSSR count). The van der Waals surface area contributed by atoms with E-state index in [1.165, 1.54) is 0 Å². The van der Waals surface area contributed by atoms with E-state index >= 15 is 0 Å². The highest BCUT2D eigenvalue weighted by Gasteiger charge is 2.38. The number of benzene rings is 1. The van der Waals surface area contributed by atoms with Crippen LogP contribution in [0.5, 0.6) is 0 Å². The van der Waals surface area contributed by atoms with Gasteiger partial charge in [0.15, 0.2) is 0 Å². The van der Waals surface area contributed by atoms with Crippen molar-refractivity contribution in [1.82, 2.24) is 15.3 Å². The number of aryl methyl sites for hydroxylation is 1. The van der Waals surface area contributed by atoms with Crippen LogP contribution in [0.15, 0.2) is 18.2 Å². The van der Waals surface area contributed by atoms with E-state index in [4.69, 9.17) is 9.90 Å². The van der Waals surface area contributed by atoms with Crippen LogP contribution in [0, 0.1) is 25.5 Å². The number of carbonyl (C=O) groups is 2. The van der Waals surface area contributed by atoms with Crippen molar-refractivity contribution in [2.75, 3.05) is 29.6 Å². The molecule has 0 spiro atoms. The zero-order valence-corrected chi connectivity index (χ0v) is 20.7. The normalized spacial score (nSPS) is 17.2. The first kappa shape index (κ1) is 29.5. The first-order valence-corrected chi connectivity index (χ1v) is 11.3. The van der Waals surface area contributed by atoms with Gasteiger partial charge in [0.2, 0.25) is 5.95 Å². The summed E-state index contributed by atoms with van der Waals surface area (Å²) in [6.07, 6.45) is -1.80. The summed E-state index contributed by atoms with van der Waals surface area (Å²) in [6.45, 7) is 3.98. The van der Waals surface area contributed by atoms with Crippen LogP contribution in [0.1, 0.15) is 36.9 Å². The zero-order chi connectivity index (χ0) is 27.9. The van der Waals surface area contributed by atoms with Crippen LogP contribution >= 0.6 is 0 Å². The standard InChI is InChI=1S/C21H28F2N6O.C2HF3O2/c1-12-13(2)24-20(28-19(12)29(3)4)25-16-5-7-17(8-6-16)26-21(30)27-18-10-14(22)9-15(23)11-18;3-2(4,5)1(6)7/h9-11,16-17H,5-8H2,1-4H3,(H,24,25,28)(H2,26,27,30);(H,6,7)/t16-,17+;. The Bertz CT molecular complexity index is 1080. The van der Waals surface area contributed by atoms with Gasteiger partial charge in [-0.25, -0.2) is 23.4 Å². The molecule has 1 aromatic carbocycles. The Morgan fingerprint density at radius 1 is 0.973 bits per heavy atom. The highest BCUT2D eigenvalue weighted by Crippen LogP contribution is 2.24. The van der Waals surface area contributed by atoms with Gasteiger partial charge in [-0.1, -0.05) is 0 Å². The molecule has 2 amide bonds. The van der Waals surface area contributed by atoms with Crippen LogP contribution in [0.3, 0.4) is 0 Å². The van der Waals surface area contributed by atoms with Gasteiger partial charge in [-0.2, -0.15) is 18.2 Å². The summed E-state index contributed by atoms with van der Waals surface area (Å²) in [4.78, 5) is 32.2. The molecule has 14 heteroatoms. The lowest BCUT2D eigenvalue weighted by Gasteiger charge is -2.30. The van der Waals surface area contributed by atoms with Crippen molar-refractivity contribution in [2.24, 2.45) is 0 Å². The summed E-state index contributed by atoms with van der Waals surface area (Å²) in [5.74, 6) is -2.71. The van der Waals surface area contributed by atoms with E-state index in [1.807, 2.05) is 32.8 Å². The summed E-state index contributed by atoms with van der Waals surface area (Å²) >= 11 is 0. The molecule has 0 bridgehead atoms. The minimum absolute atomic E-state index is 0.000496. The van der Waals surface area contributed by atoms with Gasteiger partial charge in [0.25, 0.3) is 0 Å². The van der Waals surface area contributed by atoms with Crippen molar-refractivity contribution in [3.05, 3.63) is 41.1 Å². The summed E-state index contributed by atoms with van der Waals surface area (Å²) in [6, 6.07) is 2.67. The van der Waals surface area contributed by atoms with Gasteiger partial charge in [-0.15, -0.1) is 0 Å². The number of urea groups is 1. The summed E-state index contributed by atoms with van der Waals surface area (Å²) in [7, 11) is 3.91. The molecule has 4 N–H and O–H groups in total. The molecule has 1 heterocycles. The molecule has 1 aliphatic carbocycles. The number of rotatable bonds is 5. The molecule has 1 aliphatic rings. The van der Waals surface area contributed by atoms with Gasteiger partial charge in [-0.05, 0) is 51.7 Å². The number of anilines is 3. The van der Waals surface area contributed by atoms with Crippen LogP contribution in [0.2, 0.25) is 0 Å². The summed E-state index contributed by atoms with van der Waals surface area (Å²) < 4.78 is 58.2. The van der Waals surface area contributed by atoms with Crippen molar-refractivity contribution in [1.29, 1.82) is 0 Å². The largest absolute Gasteiger partial charge is 0.490 e. The number of carboxylic acids is 1. The lowest BCUT2D eigenvalue weighted by Crippen LogP contribution is -2.42. The molecular weight excluding hydrogens is 503 g/mol. The Kier molecular flexibility index (Phi) is 9.97. The number of hydrogen-bond donors (Lipinski definition) is 4. The lowest BCUT2D eigenvalue weighted by atomic mass is 9.91. The third-order valence-corrected chi connectivity index (χ3v) is 5.55. The smallest absolute Gasteiger partial charge is 0.475 e. The second kappa shape index (κ2) is 12.5. The van der Waals surface area contributed by atoms with E-state index in [9.17, 15) is 26.7 Å². The number of hydrogen-bond acceptors (Lipinski definition) is 6. The summed E-state index contributed by atoms with van der Waals surface area (Å²) in [5, 5.41) is 15.9. The highest BCUT2D eigenvalue weighted by atomic mass is 19.4. The number of halogens is 5. The number of alkyl halides is 3. The van der Waals surface area contributed by atoms with E-state index < -0.39 is 29.8 Å². The SMILES string of the molecule is Cc1nc(N[C@H]2CC[C@@H](NC(=O)Nc3cc(F)cc(F)c3)CC2)nc(N(C)C)c1C.O=C(O)C(F)(F)F. The third-order valence-electron chi connectivity index (χ3n) is 5.55. The molecule has 204 valence electrons. The number of aliphatic carboxylic acids is 1. The van der Waals surface area contributed by atoms with E-state index in [1.54, 1.807) is 0 Å². The first-order chi connectivity index (χ1) is 17.1. The molecule has 0 saturated heterocycles. The number of nitrogens with zero attached hydrogens (tertiary/aromatic N) is 3. The Morgan fingerprint density at radius 2 is 1.49 bits per heavy atom. The minimum Gasteiger partial charge on any atom is -0.475 e. The monoisotopic (exact) mass is 532 g/mol. The molecule has 2 aromatic rings. The number of carboxylic acid groups (broad SMARTS) is 1. The maximum Gasteiger partial charge on any atom is 0.490 e. The van der Waals surface area contributed by atoms with Crippen LogP contribution in [0.4, 0.5) is 44.2 Å². The molecule has 1 aromatic heterocycles. The van der Waals surface area contributed by atoms with Crippen LogP contribution < -0.4 is 20.9 Å². The van der Waals surface area contributed by atoms with Crippen molar-refractivity contribution in [3.8, 4) is 0 Å². The Labute approximate surface area is 210 Å². The van der Waals surface area contributed by atoms with Crippen LogP contribution in [-0.4, -0.2) is 59.4 Å². The van der Waals surface area contributed by atoms with Crippen molar-refractivity contribution in [2.45, 2.75) is 57.8 Å². The predicted octanol–water partition coefficient (Wildman–Crippen LogP) is 4.62. The fourth-order valence-corrected chi connectivity index (χ4v) is 3.66. The topological polar surface area (TPSA) is 119 Å². The molecular formula is C23H29F5N6O3. The highest BCUT2D eigenvalue weighted by molar-refractivity contribution is 5.89. The van der Waals surface area contributed by atoms with Crippen LogP contribution in [-0.2, 0) is 4.79 Å². The number of amides is 2. The van der Waals surface area contributed by atoms with E-state index in [0.717, 1.165) is 61.0 Å². The Morgan fingerprint density at radius 3 is 1.97 bits per heavy atom. The van der Waals surface area contributed by atoms with Crippen molar-refractivity contribution < 1.29 is 36.6 Å². The predicted molar refractivity (Wildman–Crippen MR) is 128 cm³/mol. The van der Waals surface area contributed by atoms with Gasteiger partial charge >= 0.3 is 18.2 Å². The Balaban J connectivity index is 0.000000604. The molecule has 0 unspecified atom stereocenters. The molecule has 0 aliphatic heterocycles. The van der Waals surface area contributed by atoms with Gasteiger partial charge in [0, 0.05) is 49.2 Å². The maximum atomic E-state index is 13.2. The van der Waals surface area contributed by atoms with E-state index in [0.29, 0.717) is 5.95 Å². The fourth-order valence-electron chi connectivity index (χ4n) is 3.66. The summed E-state index contributed by atoms with van der Waals surface area (Å²) in [5.41, 5.74) is 2.09. The molecule has 9 nitrogen and oxygen atoms in total. The van der Waals surface area contributed by atoms with Crippen molar-refractivity contribution >= 4 is 29.5 Å². The quantitative estimate of drug-likeness (QED) is 0.415. The number of nitrogens with one attached hydrogen (secondary N) is 3. The fraction of sp³-hybridized carbons (Fsp3) is 0.478. The molecule has 0 radical (unpaired) electrons. The number of carbonyl (C=O) groups excluding carboxylic acids is 1. The number of aromatic nitrogens is 2. The second-order valence-electron chi connectivity index (χ2n) is 8.73. The van der Waals surface area contributed by atoms with Crippen LogP contribution in [0.25, 0.3) is 0 Å². The van der Waals surface area contributed by atoms with Gasteiger partial charge in [0.1, 0.15) is 17.5 Å². The van der Waals surface area contributed by atoms with Gasteiger partial charge < -0.3 is 26.0 Å². The molecule has 1 fully saturated rings. The van der Waals surface area contributed by atoms with Crippen molar-refractivity contribution in [3.63, 3.8) is 0 Å². The average molecular weight is 533 g/mol. The minimum atomic E-state index is -5.08. The second-order valence-corrected chi connectivity index (χ2v) is 8.73. The van der Waals surface area contributed by atoms with Gasteiger partial charge in [-0.3, -0.25) is 0 Å². The molecule has 1 saturated carbocycles. The zero-order valence-electron chi connectivity index (χ0n) is 20.7. The maximum absolute atomic E-state index is 13.2. The van der Waals surface area contributed by atoms with Gasteiger partial charge in [0.05, 0.1) is 0 Å². The Hall–Kier alpha value is -3.71. The lowest BCUT2D eigenvalue weighted by molar-refractivity contribution is -0.192. The first-order valence-electron chi connectivity index (χ1n) is 11.3. The average Bonchev–Trinajstić information content (AvgIpc) is 2.76.